The summed E-state index contributed by atoms with van der Waals surface area (Å²) in [5.41, 5.74) is 23.3. The first-order valence-corrected chi connectivity index (χ1v) is 14.8. The van der Waals surface area contributed by atoms with Crippen LogP contribution in [0.2, 0.25) is 0 Å². The summed E-state index contributed by atoms with van der Waals surface area (Å²) in [7, 11) is 0. The first-order chi connectivity index (χ1) is 16.4. The number of aromatic nitrogens is 2. The van der Waals surface area contributed by atoms with E-state index in [4.69, 9.17) is 22.9 Å². The topological polar surface area (TPSA) is 220 Å². The molecular weight excluding hydrogens is 537 g/mol. The molecule has 0 atom stereocenters. The molecule has 0 aromatic carbocycles. The van der Waals surface area contributed by atoms with Gasteiger partial charge < -0.3 is 33.6 Å². The fraction of sp³-hybridized carbons (Fsp3) is 0.375. The van der Waals surface area contributed by atoms with Crippen molar-refractivity contribution in [1.82, 2.24) is 20.6 Å². The Bertz CT molecular complexity index is 1020. The number of nitrogens with one attached hydrogen (secondary N) is 2. The minimum absolute atomic E-state index is 0.00488. The van der Waals surface area contributed by atoms with Crippen molar-refractivity contribution in [3.05, 3.63) is 22.1 Å². The number of guanidine groups is 2. The van der Waals surface area contributed by atoms with Crippen LogP contribution in [0.15, 0.2) is 29.5 Å². The van der Waals surface area contributed by atoms with E-state index >= 15 is 0 Å². The second-order valence-corrected chi connectivity index (χ2v) is 11.1. The van der Waals surface area contributed by atoms with Gasteiger partial charge in [0.25, 0.3) is 11.2 Å². The molecule has 3 rings (SSSR count). The second-order valence-electron chi connectivity index (χ2n) is 6.39. The summed E-state index contributed by atoms with van der Waals surface area (Å²) in [5, 5.41) is 11.3. The highest BCUT2D eigenvalue weighted by molar-refractivity contribution is 7.98. The Labute approximate surface area is 215 Å². The summed E-state index contributed by atoms with van der Waals surface area (Å²) in [4.78, 5) is 16.5. The summed E-state index contributed by atoms with van der Waals surface area (Å²) >= 11 is 4.58. The van der Waals surface area contributed by atoms with Crippen LogP contribution < -0.4 is 33.6 Å². The van der Waals surface area contributed by atoms with Crippen molar-refractivity contribution in [2.24, 2.45) is 41.7 Å². The molecule has 1 aliphatic heterocycles. The molecule has 184 valence electrons. The van der Waals surface area contributed by atoms with Gasteiger partial charge in [-0.05, 0) is 0 Å². The SMILES string of the molecule is NC(N)=Nc1nc(CSCCNC2=NS(=O)N=C2NCCSCc2csc(N=C(N)N)n2)cs1. The Kier molecular flexibility index (Phi) is 10.4. The highest BCUT2D eigenvalue weighted by Crippen LogP contribution is 2.22. The molecule has 0 unspecified atom stereocenters. The Balaban J connectivity index is 1.31. The van der Waals surface area contributed by atoms with Crippen molar-refractivity contribution >= 4 is 91.2 Å². The van der Waals surface area contributed by atoms with Crippen molar-refractivity contribution in [2.45, 2.75) is 11.5 Å². The minimum atomic E-state index is -1.61. The van der Waals surface area contributed by atoms with Gasteiger partial charge in [-0.25, -0.2) is 14.2 Å². The highest BCUT2D eigenvalue weighted by atomic mass is 32.2. The smallest absolute Gasteiger partial charge is 0.269 e. The number of nitrogens with two attached hydrogens (primary N) is 4. The zero-order chi connectivity index (χ0) is 24.3. The lowest BCUT2D eigenvalue weighted by Crippen LogP contribution is -2.40. The molecule has 2 aromatic heterocycles. The van der Waals surface area contributed by atoms with Gasteiger partial charge in [-0.3, -0.25) is 0 Å². The van der Waals surface area contributed by atoms with E-state index in [0.29, 0.717) is 35.0 Å². The van der Waals surface area contributed by atoms with Gasteiger partial charge in [-0.2, -0.15) is 33.5 Å². The number of hydrogen-bond donors (Lipinski definition) is 6. The highest BCUT2D eigenvalue weighted by Gasteiger charge is 2.18. The van der Waals surface area contributed by atoms with Crippen LogP contribution in [0.1, 0.15) is 11.4 Å². The molecule has 0 saturated heterocycles. The maximum atomic E-state index is 11.7. The average molecular weight is 561 g/mol. The molecule has 1 aliphatic rings. The first kappa shape index (κ1) is 26.2. The third-order valence-corrected chi connectivity index (χ3v) is 7.90. The molecular formula is C16H24N12OS5. The zero-order valence-electron chi connectivity index (χ0n) is 17.8. The third kappa shape index (κ3) is 9.09. The molecule has 13 nitrogen and oxygen atoms in total. The molecule has 10 N–H and O–H groups in total. The van der Waals surface area contributed by atoms with Gasteiger partial charge in [-0.1, -0.05) is 0 Å². The number of nitrogens with zero attached hydrogens (tertiary/aromatic N) is 6. The predicted molar refractivity (Wildman–Crippen MR) is 147 cm³/mol. The van der Waals surface area contributed by atoms with E-state index in [2.05, 4.69) is 39.4 Å². The van der Waals surface area contributed by atoms with Crippen molar-refractivity contribution in [3.63, 3.8) is 0 Å². The number of aliphatic imine (C=N–C) groups is 2. The monoisotopic (exact) mass is 560 g/mol. The molecule has 34 heavy (non-hydrogen) atoms. The predicted octanol–water partition coefficient (Wildman–Crippen LogP) is 0.145. The Morgan fingerprint density at radius 3 is 1.71 bits per heavy atom. The third-order valence-electron chi connectivity index (χ3n) is 3.67. The van der Waals surface area contributed by atoms with Crippen molar-refractivity contribution < 1.29 is 4.21 Å². The van der Waals surface area contributed by atoms with E-state index < -0.39 is 11.2 Å². The van der Waals surface area contributed by atoms with Gasteiger partial charge in [0, 0.05) is 46.9 Å². The number of amidine groups is 2. The van der Waals surface area contributed by atoms with Crippen LogP contribution >= 0.6 is 46.2 Å². The van der Waals surface area contributed by atoms with Gasteiger partial charge in [0.15, 0.2) is 23.6 Å². The van der Waals surface area contributed by atoms with Crippen LogP contribution in [0.5, 0.6) is 0 Å². The van der Waals surface area contributed by atoms with E-state index in [1.165, 1.54) is 22.7 Å². The maximum absolute atomic E-state index is 11.7. The Hall–Kier alpha value is -2.41. The van der Waals surface area contributed by atoms with Crippen LogP contribution in [-0.4, -0.2) is 62.4 Å². The molecule has 0 aliphatic carbocycles. The Morgan fingerprint density at radius 2 is 1.29 bits per heavy atom. The molecule has 3 heterocycles. The van der Waals surface area contributed by atoms with E-state index in [-0.39, 0.29) is 11.9 Å². The van der Waals surface area contributed by atoms with Crippen LogP contribution in [-0.2, 0) is 22.7 Å². The lowest BCUT2D eigenvalue weighted by molar-refractivity contribution is 0.686. The molecule has 0 radical (unpaired) electrons. The largest absolute Gasteiger partial charge is 0.370 e. The number of rotatable bonds is 12. The standard InChI is InChI=1S/C16H24N12OS5/c17-13(18)25-15-23-9(7-32-15)5-30-3-1-21-11-12(28-34(29)27-11)22-2-4-31-6-10-8-33-16(24-10)26-14(19)20/h7-8H,1-6H2,(H,21,27)(H,22,28)(H4,17,18,23,25)(H4,19,20,24,26). The van der Waals surface area contributed by atoms with Crippen molar-refractivity contribution in [3.8, 4) is 0 Å². The molecule has 18 heteroatoms. The lowest BCUT2D eigenvalue weighted by atomic mass is 10.5. The average Bonchev–Trinajstić information content (AvgIpc) is 3.48. The van der Waals surface area contributed by atoms with Crippen LogP contribution in [0.25, 0.3) is 0 Å². The van der Waals surface area contributed by atoms with E-state index in [9.17, 15) is 4.21 Å². The molecule has 0 bridgehead atoms. The molecule has 0 amide bonds. The van der Waals surface area contributed by atoms with Crippen LogP contribution in [0, 0.1) is 0 Å². The maximum Gasteiger partial charge on any atom is 0.269 e. The summed E-state index contributed by atoms with van der Waals surface area (Å²) in [6.45, 7) is 1.28. The zero-order valence-corrected chi connectivity index (χ0v) is 21.9. The summed E-state index contributed by atoms with van der Waals surface area (Å²) in [6.07, 6.45) is 0. The number of thiazole rings is 2. The summed E-state index contributed by atoms with van der Waals surface area (Å²) in [6, 6.07) is 0. The van der Waals surface area contributed by atoms with Crippen molar-refractivity contribution in [1.29, 1.82) is 0 Å². The molecule has 2 aromatic rings. The minimum Gasteiger partial charge on any atom is -0.370 e. The lowest BCUT2D eigenvalue weighted by Gasteiger charge is -2.09. The van der Waals surface area contributed by atoms with Gasteiger partial charge in [-0.15, -0.1) is 31.5 Å². The fourth-order valence-electron chi connectivity index (χ4n) is 2.38. The molecule has 0 spiro atoms. The number of hydrogen-bond acceptors (Lipinski definition) is 11. The number of thioether (sulfide) groups is 2. The van der Waals surface area contributed by atoms with Crippen LogP contribution in [0.4, 0.5) is 10.3 Å². The quantitative estimate of drug-likeness (QED) is 0.116. The first-order valence-electron chi connectivity index (χ1n) is 9.70. The van der Waals surface area contributed by atoms with Gasteiger partial charge in [0.05, 0.1) is 11.4 Å². The van der Waals surface area contributed by atoms with Crippen LogP contribution in [0.3, 0.4) is 0 Å². The molecule has 0 fully saturated rings. The van der Waals surface area contributed by atoms with Gasteiger partial charge >= 0.3 is 0 Å². The summed E-state index contributed by atoms with van der Waals surface area (Å²) in [5.74, 6) is 4.09. The van der Waals surface area contributed by atoms with E-state index in [1.807, 2.05) is 10.8 Å². The van der Waals surface area contributed by atoms with Crippen molar-refractivity contribution in [2.75, 3.05) is 24.6 Å². The van der Waals surface area contributed by atoms with E-state index in [0.717, 1.165) is 34.4 Å². The summed E-state index contributed by atoms with van der Waals surface area (Å²) < 4.78 is 19.8. The normalized spacial score (nSPS) is 13.3. The molecule has 0 saturated carbocycles. The Morgan fingerprint density at radius 1 is 0.853 bits per heavy atom. The second kappa shape index (κ2) is 13.5. The fourth-order valence-corrected chi connectivity index (χ4v) is 6.15. The van der Waals surface area contributed by atoms with Gasteiger partial charge in [0.2, 0.25) is 10.3 Å². The van der Waals surface area contributed by atoms with E-state index in [1.54, 1.807) is 23.5 Å². The van der Waals surface area contributed by atoms with Gasteiger partial charge in [0.1, 0.15) is 0 Å².